The molecule has 0 saturated heterocycles. The number of ether oxygens (including phenoxy) is 1. The van der Waals surface area contributed by atoms with Gasteiger partial charge >= 0.3 is 0 Å². The van der Waals surface area contributed by atoms with Crippen LogP contribution in [0, 0.1) is 5.21 Å². The molecule has 84 valence electrons. The zero-order valence-electron chi connectivity index (χ0n) is 8.48. The summed E-state index contributed by atoms with van der Waals surface area (Å²) < 4.78 is 4.96. The predicted molar refractivity (Wildman–Crippen MR) is 56.9 cm³/mol. The van der Waals surface area contributed by atoms with Crippen LogP contribution in [0.2, 0.25) is 0 Å². The lowest BCUT2D eigenvalue weighted by atomic mass is 10.1. The van der Waals surface area contributed by atoms with Crippen LogP contribution in [0.4, 0.5) is 5.69 Å². The quantitative estimate of drug-likeness (QED) is 0.621. The Bertz CT molecular complexity index is 577. The maximum atomic E-state index is 11.5. The first-order valence-corrected chi connectivity index (χ1v) is 4.56. The summed E-state index contributed by atoms with van der Waals surface area (Å²) in [6.45, 7) is 0. The average Bonchev–Trinajstić information content (AvgIpc) is 2.27. The fourth-order valence-electron chi connectivity index (χ4n) is 1.55. The number of fused-ring (bicyclic) bond motifs is 1. The summed E-state index contributed by atoms with van der Waals surface area (Å²) in [5, 5.41) is 19.8. The summed E-state index contributed by atoms with van der Waals surface area (Å²) in [5.41, 5.74) is -0.339. The van der Waals surface area contributed by atoms with Crippen molar-refractivity contribution in [2.75, 3.05) is 7.11 Å². The third-order valence-electron chi connectivity index (χ3n) is 2.32. The molecule has 2 rings (SSSR count). The second-order valence-electron chi connectivity index (χ2n) is 3.25. The van der Waals surface area contributed by atoms with E-state index in [4.69, 9.17) is 9.94 Å². The highest BCUT2D eigenvalue weighted by Crippen LogP contribution is 2.25. The van der Waals surface area contributed by atoms with Crippen molar-refractivity contribution in [2.24, 2.45) is 0 Å². The van der Waals surface area contributed by atoms with E-state index in [1.54, 1.807) is 6.07 Å². The normalized spacial score (nSPS) is 12.7. The van der Waals surface area contributed by atoms with Gasteiger partial charge in [0.05, 0.1) is 12.5 Å². The summed E-state index contributed by atoms with van der Waals surface area (Å²) >= 11 is 0. The molecule has 0 aliphatic heterocycles. The molecular formula is C10H10N2O4. The molecule has 0 aliphatic carbocycles. The van der Waals surface area contributed by atoms with Crippen molar-refractivity contribution in [1.82, 2.24) is 4.98 Å². The summed E-state index contributed by atoms with van der Waals surface area (Å²) in [4.78, 5) is 14.0. The van der Waals surface area contributed by atoms with Crippen LogP contribution in [0.5, 0.6) is 5.75 Å². The Morgan fingerprint density at radius 3 is 2.88 bits per heavy atom. The van der Waals surface area contributed by atoms with Crippen LogP contribution < -0.4 is 15.5 Å². The number of H-pyrrole nitrogens is 1. The van der Waals surface area contributed by atoms with Crippen LogP contribution in [-0.2, 0) is 0 Å². The fourth-order valence-corrected chi connectivity index (χ4v) is 1.55. The van der Waals surface area contributed by atoms with Crippen molar-refractivity contribution in [3.63, 3.8) is 0 Å². The number of rotatable bonds is 2. The third kappa shape index (κ3) is 1.65. The van der Waals surface area contributed by atoms with Gasteiger partial charge in [0.25, 0.3) is 5.56 Å². The first-order chi connectivity index (χ1) is 7.63. The monoisotopic (exact) mass is 222 g/mol. The van der Waals surface area contributed by atoms with Gasteiger partial charge in [-0.05, 0) is 17.5 Å². The molecule has 16 heavy (non-hydrogen) atoms. The summed E-state index contributed by atoms with van der Waals surface area (Å²) in [6, 6.07) is 4.54. The minimum absolute atomic E-state index is 0.0216. The molecule has 6 heteroatoms. The molecule has 1 atom stereocenters. The van der Waals surface area contributed by atoms with Gasteiger partial charge in [-0.1, -0.05) is 0 Å². The molecule has 1 unspecified atom stereocenters. The van der Waals surface area contributed by atoms with Gasteiger partial charge in [0.2, 0.25) is 5.69 Å². The van der Waals surface area contributed by atoms with E-state index in [-0.39, 0.29) is 17.0 Å². The van der Waals surface area contributed by atoms with Gasteiger partial charge in [-0.15, -0.1) is 0 Å². The van der Waals surface area contributed by atoms with Gasteiger partial charge in [-0.3, -0.25) is 4.79 Å². The summed E-state index contributed by atoms with van der Waals surface area (Å²) in [6.07, 6.45) is 1.50. The first kappa shape index (κ1) is 10.6. The smallest absolute Gasteiger partial charge is 0.256 e. The van der Waals surface area contributed by atoms with Crippen LogP contribution in [0.25, 0.3) is 10.8 Å². The highest BCUT2D eigenvalue weighted by atomic mass is 16.8. The van der Waals surface area contributed by atoms with E-state index in [1.165, 1.54) is 25.4 Å². The van der Waals surface area contributed by atoms with E-state index in [2.05, 4.69) is 4.98 Å². The van der Waals surface area contributed by atoms with Crippen LogP contribution in [0.3, 0.4) is 0 Å². The Kier molecular flexibility index (Phi) is 2.61. The lowest BCUT2D eigenvalue weighted by Crippen LogP contribution is -2.99. The van der Waals surface area contributed by atoms with Crippen molar-refractivity contribution >= 4 is 16.5 Å². The van der Waals surface area contributed by atoms with E-state index in [0.29, 0.717) is 10.8 Å². The van der Waals surface area contributed by atoms with Crippen molar-refractivity contribution < 1.29 is 15.2 Å². The van der Waals surface area contributed by atoms with Gasteiger partial charge in [0.1, 0.15) is 0 Å². The number of nitrogens with one attached hydrogen (secondary N) is 2. The van der Waals surface area contributed by atoms with Gasteiger partial charge in [-0.25, -0.2) is 5.21 Å². The number of benzene rings is 1. The summed E-state index contributed by atoms with van der Waals surface area (Å²) in [7, 11) is 1.39. The second-order valence-corrected chi connectivity index (χ2v) is 3.25. The zero-order valence-corrected chi connectivity index (χ0v) is 8.48. The average molecular weight is 222 g/mol. The number of quaternary nitrogens is 1. The van der Waals surface area contributed by atoms with E-state index in [1.807, 2.05) is 0 Å². The molecule has 1 aromatic carbocycles. The standard InChI is InChI=1S/C10H10N2O4/c1-16-9-4-6-2-3-11-10(13)7(6)5-8(9)12(14)15/h2-5,12,14H,1H3,(H,11,13). The molecule has 0 fully saturated rings. The van der Waals surface area contributed by atoms with Crippen molar-refractivity contribution in [3.8, 4) is 5.75 Å². The maximum Gasteiger partial charge on any atom is 0.256 e. The van der Waals surface area contributed by atoms with Gasteiger partial charge < -0.3 is 14.9 Å². The highest BCUT2D eigenvalue weighted by molar-refractivity contribution is 5.86. The number of hydrogen-bond donors (Lipinski definition) is 3. The van der Waals surface area contributed by atoms with Gasteiger partial charge in [0, 0.05) is 12.3 Å². The zero-order chi connectivity index (χ0) is 11.7. The SMILES string of the molecule is COc1cc2cc[nH]c(=O)c2cc1[NH+]([O-])O. The Balaban J connectivity index is 2.81. The Hall–Kier alpha value is -1.89. The minimum atomic E-state index is -1.12. The van der Waals surface area contributed by atoms with Gasteiger partial charge in [-0.2, -0.15) is 5.23 Å². The molecule has 0 radical (unpaired) electrons. The molecule has 0 saturated carbocycles. The molecule has 1 heterocycles. The number of methoxy groups -OCH3 is 1. The molecule has 0 amide bonds. The van der Waals surface area contributed by atoms with Crippen LogP contribution in [0.1, 0.15) is 0 Å². The Morgan fingerprint density at radius 1 is 1.50 bits per heavy atom. The maximum absolute atomic E-state index is 11.5. The second kappa shape index (κ2) is 3.93. The lowest BCUT2D eigenvalue weighted by Gasteiger charge is -2.15. The van der Waals surface area contributed by atoms with E-state index in [9.17, 15) is 10.0 Å². The number of aromatic nitrogens is 1. The molecular weight excluding hydrogens is 212 g/mol. The molecule has 6 nitrogen and oxygen atoms in total. The fraction of sp³-hybridized carbons (Fsp3) is 0.100. The highest BCUT2D eigenvalue weighted by Gasteiger charge is 2.12. The van der Waals surface area contributed by atoms with Crippen molar-refractivity contribution in [1.29, 1.82) is 0 Å². The van der Waals surface area contributed by atoms with Crippen LogP contribution >= 0.6 is 0 Å². The molecule has 0 bridgehead atoms. The first-order valence-electron chi connectivity index (χ1n) is 4.56. The topological polar surface area (TPSA) is 89.8 Å². The van der Waals surface area contributed by atoms with Crippen LogP contribution in [0.15, 0.2) is 29.2 Å². The number of pyridine rings is 1. The minimum Gasteiger partial charge on any atom is -0.595 e. The van der Waals surface area contributed by atoms with Gasteiger partial charge in [0.15, 0.2) is 5.75 Å². The Labute approximate surface area is 90.2 Å². The van der Waals surface area contributed by atoms with E-state index < -0.39 is 5.23 Å². The number of aromatic amines is 1. The van der Waals surface area contributed by atoms with E-state index >= 15 is 0 Å². The Morgan fingerprint density at radius 2 is 2.25 bits per heavy atom. The summed E-state index contributed by atoms with van der Waals surface area (Å²) in [5.74, 6) is 0.241. The lowest BCUT2D eigenvalue weighted by molar-refractivity contribution is -0.991. The number of hydrogen-bond acceptors (Lipinski definition) is 4. The van der Waals surface area contributed by atoms with Crippen molar-refractivity contribution in [3.05, 3.63) is 40.0 Å². The molecule has 3 N–H and O–H groups in total. The largest absolute Gasteiger partial charge is 0.595 e. The predicted octanol–water partition coefficient (Wildman–Crippen LogP) is -0.0599. The molecule has 0 aliphatic rings. The van der Waals surface area contributed by atoms with E-state index in [0.717, 1.165) is 0 Å². The van der Waals surface area contributed by atoms with Crippen LogP contribution in [-0.4, -0.2) is 17.3 Å². The van der Waals surface area contributed by atoms with Crippen molar-refractivity contribution in [2.45, 2.75) is 0 Å². The third-order valence-corrected chi connectivity index (χ3v) is 2.32. The molecule has 2 aromatic rings. The molecule has 0 spiro atoms. The molecule has 1 aromatic heterocycles.